The molecule has 7 heteroatoms. The van der Waals surface area contributed by atoms with Crippen molar-refractivity contribution in [2.24, 2.45) is 5.92 Å². The third-order valence-corrected chi connectivity index (χ3v) is 4.17. The van der Waals surface area contributed by atoms with Crippen LogP contribution in [0.4, 0.5) is 11.5 Å². The van der Waals surface area contributed by atoms with E-state index in [-0.39, 0.29) is 17.7 Å². The number of pyridine rings is 2. The van der Waals surface area contributed by atoms with Crippen molar-refractivity contribution in [2.75, 3.05) is 10.6 Å². The van der Waals surface area contributed by atoms with Gasteiger partial charge in [0.05, 0.1) is 0 Å². The van der Waals surface area contributed by atoms with E-state index in [1.165, 1.54) is 6.20 Å². The number of amides is 2. The van der Waals surface area contributed by atoms with Gasteiger partial charge >= 0.3 is 0 Å². The zero-order valence-electron chi connectivity index (χ0n) is 15.0. The van der Waals surface area contributed by atoms with Gasteiger partial charge in [0.2, 0.25) is 11.8 Å². The second kappa shape index (κ2) is 7.87. The Morgan fingerprint density at radius 3 is 2.61 bits per heavy atom. The first-order valence-electron chi connectivity index (χ1n) is 8.94. The summed E-state index contributed by atoms with van der Waals surface area (Å²) < 4.78 is 5.68. The molecule has 0 atom stereocenters. The summed E-state index contributed by atoms with van der Waals surface area (Å²) in [7, 11) is 0. The summed E-state index contributed by atoms with van der Waals surface area (Å²) in [5.41, 5.74) is 0.982. The molecule has 28 heavy (non-hydrogen) atoms. The van der Waals surface area contributed by atoms with Gasteiger partial charge in [0.15, 0.2) is 0 Å². The van der Waals surface area contributed by atoms with E-state index in [0.29, 0.717) is 28.7 Å². The lowest BCUT2D eigenvalue weighted by Gasteiger charge is -2.09. The van der Waals surface area contributed by atoms with Crippen molar-refractivity contribution < 1.29 is 14.3 Å². The normalized spacial score (nSPS) is 12.9. The molecule has 2 N–H and O–H groups in total. The monoisotopic (exact) mass is 374 g/mol. The zero-order chi connectivity index (χ0) is 19.3. The van der Waals surface area contributed by atoms with Crippen molar-refractivity contribution in [3.8, 4) is 11.6 Å². The standard InChI is InChI=1S/C21H18N4O3/c26-20(14-7-8-14)25-18-12-15(9-11-22-18)21(27)24-16-4-3-5-17(13-16)28-19-6-1-2-10-23-19/h1-6,9-14H,7-8H2,(H,24,27)(H,22,25,26). The number of anilines is 2. The highest BCUT2D eigenvalue weighted by Crippen LogP contribution is 2.30. The number of nitrogens with zero attached hydrogens (tertiary/aromatic N) is 2. The molecule has 3 aromatic rings. The molecule has 1 saturated carbocycles. The lowest BCUT2D eigenvalue weighted by atomic mass is 10.2. The molecule has 1 aliphatic rings. The highest BCUT2D eigenvalue weighted by molar-refractivity contribution is 6.05. The van der Waals surface area contributed by atoms with Crippen LogP contribution in [0, 0.1) is 5.92 Å². The van der Waals surface area contributed by atoms with Crippen LogP contribution in [-0.4, -0.2) is 21.8 Å². The minimum Gasteiger partial charge on any atom is -0.439 e. The minimum absolute atomic E-state index is 0.0515. The van der Waals surface area contributed by atoms with Gasteiger partial charge in [0.25, 0.3) is 5.91 Å². The van der Waals surface area contributed by atoms with Gasteiger partial charge in [-0.1, -0.05) is 12.1 Å². The van der Waals surface area contributed by atoms with Crippen LogP contribution in [0.15, 0.2) is 67.0 Å². The molecule has 2 amide bonds. The first-order chi connectivity index (χ1) is 13.7. The Morgan fingerprint density at radius 1 is 0.929 bits per heavy atom. The molecule has 0 spiro atoms. The Bertz CT molecular complexity index is 1000. The summed E-state index contributed by atoms with van der Waals surface area (Å²) in [5, 5.41) is 5.56. The van der Waals surface area contributed by atoms with Crippen LogP contribution < -0.4 is 15.4 Å². The Hall–Kier alpha value is -3.74. The molecule has 7 nitrogen and oxygen atoms in total. The largest absolute Gasteiger partial charge is 0.439 e. The molecule has 0 unspecified atom stereocenters. The maximum atomic E-state index is 12.6. The average molecular weight is 374 g/mol. The van der Waals surface area contributed by atoms with Gasteiger partial charge in [-0.25, -0.2) is 9.97 Å². The van der Waals surface area contributed by atoms with E-state index in [1.807, 2.05) is 6.07 Å². The highest BCUT2D eigenvalue weighted by atomic mass is 16.5. The third-order valence-electron chi connectivity index (χ3n) is 4.17. The topological polar surface area (TPSA) is 93.2 Å². The molecular weight excluding hydrogens is 356 g/mol. The van der Waals surface area contributed by atoms with E-state index in [4.69, 9.17) is 4.74 Å². The van der Waals surface area contributed by atoms with E-state index in [0.717, 1.165) is 12.8 Å². The van der Waals surface area contributed by atoms with Crippen molar-refractivity contribution in [3.63, 3.8) is 0 Å². The number of carbonyl (C=O) groups excluding carboxylic acids is 2. The Balaban J connectivity index is 1.43. The van der Waals surface area contributed by atoms with Crippen LogP contribution in [0.2, 0.25) is 0 Å². The van der Waals surface area contributed by atoms with Gasteiger partial charge in [-0.3, -0.25) is 9.59 Å². The SMILES string of the molecule is O=C(Nc1cccc(Oc2ccccn2)c1)c1ccnc(NC(=O)C2CC2)c1. The Kier molecular flexibility index (Phi) is 4.97. The van der Waals surface area contributed by atoms with Gasteiger partial charge < -0.3 is 15.4 Å². The van der Waals surface area contributed by atoms with Crippen molar-refractivity contribution >= 4 is 23.3 Å². The van der Waals surface area contributed by atoms with E-state index in [1.54, 1.807) is 54.7 Å². The van der Waals surface area contributed by atoms with Crippen molar-refractivity contribution in [2.45, 2.75) is 12.8 Å². The maximum absolute atomic E-state index is 12.6. The second-order valence-electron chi connectivity index (χ2n) is 6.45. The quantitative estimate of drug-likeness (QED) is 0.683. The van der Waals surface area contributed by atoms with Crippen LogP contribution in [0.5, 0.6) is 11.6 Å². The maximum Gasteiger partial charge on any atom is 0.255 e. The van der Waals surface area contributed by atoms with E-state index in [9.17, 15) is 9.59 Å². The molecule has 4 rings (SSSR count). The van der Waals surface area contributed by atoms with Crippen molar-refractivity contribution in [1.29, 1.82) is 0 Å². The fraction of sp³-hybridized carbons (Fsp3) is 0.143. The predicted octanol–water partition coefficient (Wildman–Crippen LogP) is 3.87. The molecule has 140 valence electrons. The fourth-order valence-corrected chi connectivity index (χ4v) is 2.58. The molecule has 1 aromatic carbocycles. The first-order valence-corrected chi connectivity index (χ1v) is 8.94. The lowest BCUT2D eigenvalue weighted by molar-refractivity contribution is -0.117. The summed E-state index contributed by atoms with van der Waals surface area (Å²) in [4.78, 5) is 32.6. The van der Waals surface area contributed by atoms with E-state index >= 15 is 0 Å². The third kappa shape index (κ3) is 4.50. The average Bonchev–Trinajstić information content (AvgIpc) is 3.55. The Labute approximate surface area is 161 Å². The van der Waals surface area contributed by atoms with Crippen LogP contribution in [0.1, 0.15) is 23.2 Å². The summed E-state index contributed by atoms with van der Waals surface area (Å²) in [6, 6.07) is 15.6. The molecule has 0 aliphatic heterocycles. The number of benzene rings is 1. The molecule has 0 radical (unpaired) electrons. The number of carbonyl (C=O) groups is 2. The van der Waals surface area contributed by atoms with Gasteiger partial charge in [-0.15, -0.1) is 0 Å². The Morgan fingerprint density at radius 2 is 1.82 bits per heavy atom. The summed E-state index contributed by atoms with van der Waals surface area (Å²) >= 11 is 0. The number of ether oxygens (including phenoxy) is 1. The number of hydrogen-bond donors (Lipinski definition) is 2. The summed E-state index contributed by atoms with van der Waals surface area (Å²) in [6.07, 6.45) is 4.95. The zero-order valence-corrected chi connectivity index (χ0v) is 15.0. The molecular formula is C21H18N4O3. The van der Waals surface area contributed by atoms with Crippen molar-refractivity contribution in [3.05, 3.63) is 72.6 Å². The van der Waals surface area contributed by atoms with Crippen LogP contribution in [0.3, 0.4) is 0 Å². The van der Waals surface area contributed by atoms with Crippen LogP contribution in [0.25, 0.3) is 0 Å². The fourth-order valence-electron chi connectivity index (χ4n) is 2.58. The molecule has 2 aromatic heterocycles. The molecule has 0 saturated heterocycles. The number of nitrogens with one attached hydrogen (secondary N) is 2. The van der Waals surface area contributed by atoms with Crippen molar-refractivity contribution in [1.82, 2.24) is 9.97 Å². The second-order valence-corrected chi connectivity index (χ2v) is 6.45. The van der Waals surface area contributed by atoms with E-state index in [2.05, 4.69) is 20.6 Å². The van der Waals surface area contributed by atoms with Gasteiger partial charge in [0.1, 0.15) is 11.6 Å². The number of hydrogen-bond acceptors (Lipinski definition) is 5. The molecule has 0 bridgehead atoms. The summed E-state index contributed by atoms with van der Waals surface area (Å²) in [5.74, 6) is 1.11. The molecule has 1 aliphatic carbocycles. The van der Waals surface area contributed by atoms with Gasteiger partial charge in [-0.2, -0.15) is 0 Å². The molecule has 2 heterocycles. The van der Waals surface area contributed by atoms with Gasteiger partial charge in [0, 0.05) is 41.7 Å². The number of rotatable bonds is 6. The van der Waals surface area contributed by atoms with E-state index < -0.39 is 0 Å². The molecule has 1 fully saturated rings. The van der Waals surface area contributed by atoms with Gasteiger partial charge in [-0.05, 0) is 43.2 Å². The smallest absolute Gasteiger partial charge is 0.255 e. The first kappa shape index (κ1) is 17.7. The predicted molar refractivity (Wildman–Crippen MR) is 104 cm³/mol. The van der Waals surface area contributed by atoms with Crippen LogP contribution >= 0.6 is 0 Å². The highest BCUT2D eigenvalue weighted by Gasteiger charge is 2.29. The number of aromatic nitrogens is 2. The van der Waals surface area contributed by atoms with Crippen LogP contribution in [-0.2, 0) is 4.79 Å². The minimum atomic E-state index is -0.306. The summed E-state index contributed by atoms with van der Waals surface area (Å²) in [6.45, 7) is 0. The lowest BCUT2D eigenvalue weighted by Crippen LogP contribution is -2.16.